The van der Waals surface area contributed by atoms with Crippen LogP contribution in [0.25, 0.3) is 0 Å². The van der Waals surface area contributed by atoms with Crippen molar-refractivity contribution in [2.24, 2.45) is 5.73 Å². The van der Waals surface area contributed by atoms with Crippen LogP contribution in [0.15, 0.2) is 60.7 Å². The van der Waals surface area contributed by atoms with Crippen LogP contribution in [0.1, 0.15) is 24.4 Å². The Bertz CT molecular complexity index is 756. The van der Waals surface area contributed by atoms with Crippen LogP contribution in [-0.4, -0.2) is 40.6 Å². The number of nitrogens with zero attached hydrogens (tertiary/aromatic N) is 1. The smallest absolute Gasteiger partial charge is 0.348 e. The van der Waals surface area contributed by atoms with Crippen LogP contribution in [0.4, 0.5) is 0 Å². The zero-order valence-electron chi connectivity index (χ0n) is 14.4. The number of carbonyl (C=O) groups excluding carboxylic acids is 1. The van der Waals surface area contributed by atoms with Crippen molar-refractivity contribution in [3.05, 3.63) is 66.2 Å². The number of ether oxygens (including phenoxy) is 1. The molecule has 1 saturated heterocycles. The fourth-order valence-corrected chi connectivity index (χ4v) is 3.16. The van der Waals surface area contributed by atoms with Gasteiger partial charge in [-0.3, -0.25) is 4.79 Å². The quantitative estimate of drug-likeness (QED) is 0.859. The summed E-state index contributed by atoms with van der Waals surface area (Å²) in [4.78, 5) is 26.1. The summed E-state index contributed by atoms with van der Waals surface area (Å²) in [6.07, 6.45) is 0.426. The SMILES string of the molecule is N[C@@H](C(=O)N1CCC(Oc2ccccc2)(C(=O)O)CC1)c1ccccc1. The standard InChI is InChI=1S/C20H22N2O4/c21-17(15-7-3-1-4-8-15)18(23)22-13-11-20(12-14-22,19(24)25)26-16-9-5-2-6-10-16/h1-10,17H,11-14,21H2,(H,24,25)/t17-/m1/s1. The minimum atomic E-state index is -1.32. The Balaban J connectivity index is 1.68. The minimum absolute atomic E-state index is 0.199. The summed E-state index contributed by atoms with van der Waals surface area (Å²) in [6.45, 7) is 0.580. The topological polar surface area (TPSA) is 92.9 Å². The van der Waals surface area contributed by atoms with E-state index in [0.29, 0.717) is 18.8 Å². The van der Waals surface area contributed by atoms with Crippen molar-refractivity contribution in [1.82, 2.24) is 4.90 Å². The van der Waals surface area contributed by atoms with Crippen LogP contribution >= 0.6 is 0 Å². The molecule has 6 nitrogen and oxygen atoms in total. The van der Waals surface area contributed by atoms with Gasteiger partial charge in [0.25, 0.3) is 0 Å². The summed E-state index contributed by atoms with van der Waals surface area (Å²) < 4.78 is 5.81. The summed E-state index contributed by atoms with van der Waals surface area (Å²) in [5.41, 5.74) is 5.50. The van der Waals surface area contributed by atoms with Gasteiger partial charge < -0.3 is 20.5 Å². The van der Waals surface area contributed by atoms with Gasteiger partial charge in [-0.2, -0.15) is 0 Å². The molecule has 3 rings (SSSR count). The van der Waals surface area contributed by atoms with Gasteiger partial charge in [-0.05, 0) is 17.7 Å². The molecule has 1 amide bonds. The first-order chi connectivity index (χ1) is 12.5. The van der Waals surface area contributed by atoms with Gasteiger partial charge in [0.15, 0.2) is 0 Å². The van der Waals surface area contributed by atoms with E-state index in [0.717, 1.165) is 5.56 Å². The number of aliphatic carboxylic acids is 1. The Hall–Kier alpha value is -2.86. The van der Waals surface area contributed by atoms with Crippen LogP contribution in [0.5, 0.6) is 5.75 Å². The summed E-state index contributed by atoms with van der Waals surface area (Å²) in [7, 11) is 0. The molecular weight excluding hydrogens is 332 g/mol. The van der Waals surface area contributed by atoms with E-state index in [1.165, 1.54) is 0 Å². The third-order valence-electron chi connectivity index (χ3n) is 4.75. The van der Waals surface area contributed by atoms with E-state index in [2.05, 4.69) is 0 Å². The number of hydrogen-bond acceptors (Lipinski definition) is 4. The maximum absolute atomic E-state index is 12.7. The molecule has 0 aliphatic carbocycles. The van der Waals surface area contributed by atoms with Crippen LogP contribution in [0.2, 0.25) is 0 Å². The highest BCUT2D eigenvalue weighted by Gasteiger charge is 2.45. The van der Waals surface area contributed by atoms with Crippen molar-refractivity contribution in [1.29, 1.82) is 0 Å². The summed E-state index contributed by atoms with van der Waals surface area (Å²) in [5.74, 6) is -0.702. The maximum Gasteiger partial charge on any atom is 0.348 e. The van der Waals surface area contributed by atoms with Gasteiger partial charge in [-0.1, -0.05) is 48.5 Å². The summed E-state index contributed by atoms with van der Waals surface area (Å²) >= 11 is 0. The molecule has 0 aromatic heterocycles. The average molecular weight is 354 g/mol. The number of likely N-dealkylation sites (tertiary alicyclic amines) is 1. The van der Waals surface area contributed by atoms with Gasteiger partial charge in [0, 0.05) is 25.9 Å². The van der Waals surface area contributed by atoms with Crippen molar-refractivity contribution in [2.75, 3.05) is 13.1 Å². The third-order valence-corrected chi connectivity index (χ3v) is 4.75. The highest BCUT2D eigenvalue weighted by Crippen LogP contribution is 2.30. The van der Waals surface area contributed by atoms with Gasteiger partial charge in [0.2, 0.25) is 11.5 Å². The molecule has 3 N–H and O–H groups in total. The molecule has 1 aliphatic heterocycles. The number of carbonyl (C=O) groups is 2. The lowest BCUT2D eigenvalue weighted by atomic mass is 9.90. The van der Waals surface area contributed by atoms with Crippen molar-refractivity contribution in [3.63, 3.8) is 0 Å². The first-order valence-corrected chi connectivity index (χ1v) is 8.59. The molecule has 136 valence electrons. The van der Waals surface area contributed by atoms with Crippen LogP contribution in [-0.2, 0) is 9.59 Å². The second kappa shape index (κ2) is 7.58. The molecule has 1 fully saturated rings. The molecule has 1 aliphatic rings. The molecule has 26 heavy (non-hydrogen) atoms. The van der Waals surface area contributed by atoms with E-state index in [-0.39, 0.29) is 18.7 Å². The molecule has 6 heteroatoms. The summed E-state index contributed by atoms with van der Waals surface area (Å²) in [5, 5.41) is 9.71. The second-order valence-electron chi connectivity index (χ2n) is 6.43. The Labute approximate surface area is 152 Å². The van der Waals surface area contributed by atoms with E-state index in [4.69, 9.17) is 10.5 Å². The van der Waals surface area contributed by atoms with Gasteiger partial charge in [0.05, 0.1) is 0 Å². The molecule has 1 atom stereocenters. The molecule has 0 saturated carbocycles. The second-order valence-corrected chi connectivity index (χ2v) is 6.43. The van der Waals surface area contributed by atoms with Crippen LogP contribution in [0.3, 0.4) is 0 Å². The number of rotatable bonds is 5. The monoisotopic (exact) mass is 354 g/mol. The number of piperidine rings is 1. The van der Waals surface area contributed by atoms with E-state index in [1.807, 2.05) is 36.4 Å². The first kappa shape index (κ1) is 17.9. The minimum Gasteiger partial charge on any atom is -0.478 e. The molecule has 0 unspecified atom stereocenters. The van der Waals surface area contributed by atoms with Gasteiger partial charge in [-0.25, -0.2) is 4.79 Å². The third kappa shape index (κ3) is 3.70. The van der Waals surface area contributed by atoms with Gasteiger partial charge in [0.1, 0.15) is 11.8 Å². The lowest BCUT2D eigenvalue weighted by Crippen LogP contribution is -2.55. The van der Waals surface area contributed by atoms with Crippen molar-refractivity contribution >= 4 is 11.9 Å². The van der Waals surface area contributed by atoms with Crippen molar-refractivity contribution in [2.45, 2.75) is 24.5 Å². The fraction of sp³-hybridized carbons (Fsp3) is 0.300. The average Bonchev–Trinajstić information content (AvgIpc) is 2.69. The molecule has 0 bridgehead atoms. The maximum atomic E-state index is 12.7. The number of carboxylic acids is 1. The highest BCUT2D eigenvalue weighted by molar-refractivity contribution is 5.84. The number of hydrogen-bond donors (Lipinski definition) is 2. The van der Waals surface area contributed by atoms with E-state index < -0.39 is 17.6 Å². The predicted octanol–water partition coefficient (Wildman–Crippen LogP) is 2.21. The molecule has 0 radical (unpaired) electrons. The molecule has 0 spiro atoms. The van der Waals surface area contributed by atoms with Gasteiger partial charge >= 0.3 is 5.97 Å². The Morgan fingerprint density at radius 1 is 1.00 bits per heavy atom. The molecule has 1 heterocycles. The highest BCUT2D eigenvalue weighted by atomic mass is 16.5. The largest absolute Gasteiger partial charge is 0.478 e. The normalized spacial score (nSPS) is 17.3. The lowest BCUT2D eigenvalue weighted by molar-refractivity contribution is -0.162. The van der Waals surface area contributed by atoms with Crippen LogP contribution < -0.4 is 10.5 Å². The van der Waals surface area contributed by atoms with E-state index in [1.54, 1.807) is 29.2 Å². The number of nitrogens with two attached hydrogens (primary N) is 1. The van der Waals surface area contributed by atoms with Crippen molar-refractivity contribution < 1.29 is 19.4 Å². The summed E-state index contributed by atoms with van der Waals surface area (Å²) in [6, 6.07) is 17.3. The van der Waals surface area contributed by atoms with Crippen LogP contribution in [0, 0.1) is 0 Å². The van der Waals surface area contributed by atoms with E-state index >= 15 is 0 Å². The molecule has 2 aromatic carbocycles. The van der Waals surface area contributed by atoms with Gasteiger partial charge in [-0.15, -0.1) is 0 Å². The Morgan fingerprint density at radius 2 is 1.54 bits per heavy atom. The Kier molecular flexibility index (Phi) is 5.23. The van der Waals surface area contributed by atoms with Crippen molar-refractivity contribution in [3.8, 4) is 5.75 Å². The zero-order chi connectivity index (χ0) is 18.6. The number of para-hydroxylation sites is 1. The lowest BCUT2D eigenvalue weighted by Gasteiger charge is -2.39. The Morgan fingerprint density at radius 3 is 2.08 bits per heavy atom. The number of carboxylic acid groups (broad SMARTS) is 1. The zero-order valence-corrected chi connectivity index (χ0v) is 14.4. The van der Waals surface area contributed by atoms with E-state index in [9.17, 15) is 14.7 Å². The molecular formula is C20H22N2O4. The first-order valence-electron chi connectivity index (χ1n) is 8.59. The fourth-order valence-electron chi connectivity index (χ4n) is 3.16. The molecule has 2 aromatic rings. The predicted molar refractivity (Wildman–Crippen MR) is 96.6 cm³/mol. The number of benzene rings is 2. The number of amides is 1.